The summed E-state index contributed by atoms with van der Waals surface area (Å²) in [4.78, 5) is 12.3. The quantitative estimate of drug-likeness (QED) is 0.725. The van der Waals surface area contributed by atoms with E-state index in [1.165, 1.54) is 0 Å². The fourth-order valence-electron chi connectivity index (χ4n) is 2.64. The van der Waals surface area contributed by atoms with Crippen molar-refractivity contribution in [2.75, 3.05) is 5.32 Å². The van der Waals surface area contributed by atoms with E-state index < -0.39 is 0 Å². The number of para-hydroxylation sites is 1. The Morgan fingerprint density at radius 1 is 1.14 bits per heavy atom. The first kappa shape index (κ1) is 14.2. The molecule has 1 heterocycles. The van der Waals surface area contributed by atoms with Crippen LogP contribution >= 0.6 is 0 Å². The van der Waals surface area contributed by atoms with Crippen LogP contribution in [0.1, 0.15) is 11.3 Å². The number of hydrogen-bond donors (Lipinski definition) is 2. The monoisotopic (exact) mass is 294 g/mol. The van der Waals surface area contributed by atoms with Gasteiger partial charge in [-0.15, -0.1) is 0 Å². The first-order valence-electron chi connectivity index (χ1n) is 7.19. The smallest absolute Gasteiger partial charge is 0.244 e. The van der Waals surface area contributed by atoms with Gasteiger partial charge in [-0.3, -0.25) is 4.79 Å². The standard InChI is InChI=1S/C18H18N2O2/c1-12-7-8-15(17(21)9-12)19-18(22)11-20-13(2)10-14-5-3-4-6-16(14)20/h3-10,21H,11H2,1-2H3,(H,19,22). The van der Waals surface area contributed by atoms with Gasteiger partial charge in [0.15, 0.2) is 0 Å². The number of carbonyl (C=O) groups excluding carboxylic acids is 1. The number of aryl methyl sites for hydroxylation is 2. The molecule has 0 spiro atoms. The van der Waals surface area contributed by atoms with Crippen LogP contribution in [0.15, 0.2) is 48.5 Å². The molecule has 0 radical (unpaired) electrons. The van der Waals surface area contributed by atoms with Crippen molar-refractivity contribution >= 4 is 22.5 Å². The molecule has 0 aliphatic heterocycles. The molecule has 2 aromatic carbocycles. The Morgan fingerprint density at radius 3 is 2.68 bits per heavy atom. The van der Waals surface area contributed by atoms with Crippen molar-refractivity contribution in [3.05, 3.63) is 59.8 Å². The molecule has 2 N–H and O–H groups in total. The van der Waals surface area contributed by atoms with E-state index in [0.29, 0.717) is 5.69 Å². The van der Waals surface area contributed by atoms with E-state index in [1.807, 2.05) is 48.7 Å². The third-order valence-electron chi connectivity index (χ3n) is 3.75. The molecular weight excluding hydrogens is 276 g/mol. The number of aromatic nitrogens is 1. The third-order valence-corrected chi connectivity index (χ3v) is 3.75. The fourth-order valence-corrected chi connectivity index (χ4v) is 2.64. The number of phenols is 1. The average Bonchev–Trinajstić information content (AvgIpc) is 2.78. The highest BCUT2D eigenvalue weighted by Gasteiger charge is 2.11. The number of hydrogen-bond acceptors (Lipinski definition) is 2. The van der Waals surface area contributed by atoms with Gasteiger partial charge in [-0.2, -0.15) is 0 Å². The van der Waals surface area contributed by atoms with Crippen LogP contribution in [0.3, 0.4) is 0 Å². The van der Waals surface area contributed by atoms with Gasteiger partial charge >= 0.3 is 0 Å². The van der Waals surface area contributed by atoms with Gasteiger partial charge < -0.3 is 15.0 Å². The Hall–Kier alpha value is -2.75. The molecule has 0 atom stereocenters. The topological polar surface area (TPSA) is 54.3 Å². The number of rotatable bonds is 3. The minimum Gasteiger partial charge on any atom is -0.506 e. The normalized spacial score (nSPS) is 10.8. The van der Waals surface area contributed by atoms with Crippen LogP contribution in [0.2, 0.25) is 0 Å². The van der Waals surface area contributed by atoms with Crippen molar-refractivity contribution in [2.24, 2.45) is 0 Å². The second kappa shape index (κ2) is 5.56. The Bertz CT molecular complexity index is 849. The number of amides is 1. The van der Waals surface area contributed by atoms with Crippen molar-refractivity contribution in [3.63, 3.8) is 0 Å². The van der Waals surface area contributed by atoms with E-state index in [4.69, 9.17) is 0 Å². The molecule has 1 aromatic heterocycles. The van der Waals surface area contributed by atoms with E-state index in [9.17, 15) is 9.90 Å². The average molecular weight is 294 g/mol. The van der Waals surface area contributed by atoms with E-state index in [2.05, 4.69) is 11.4 Å². The van der Waals surface area contributed by atoms with Crippen LogP contribution in [0.25, 0.3) is 10.9 Å². The largest absolute Gasteiger partial charge is 0.506 e. The molecule has 22 heavy (non-hydrogen) atoms. The lowest BCUT2D eigenvalue weighted by Gasteiger charge is -2.11. The summed E-state index contributed by atoms with van der Waals surface area (Å²) in [7, 11) is 0. The highest BCUT2D eigenvalue weighted by molar-refractivity contribution is 5.93. The lowest BCUT2D eigenvalue weighted by atomic mass is 10.2. The third kappa shape index (κ3) is 2.68. The predicted octanol–water partition coefficient (Wildman–Crippen LogP) is 3.60. The Morgan fingerprint density at radius 2 is 1.91 bits per heavy atom. The summed E-state index contributed by atoms with van der Waals surface area (Å²) in [5, 5.41) is 13.7. The number of benzene rings is 2. The molecule has 0 fully saturated rings. The van der Waals surface area contributed by atoms with E-state index >= 15 is 0 Å². The number of phenolic OH excluding ortho intramolecular Hbond substituents is 1. The maximum atomic E-state index is 12.3. The molecule has 0 unspecified atom stereocenters. The van der Waals surface area contributed by atoms with Gasteiger partial charge in [0.25, 0.3) is 0 Å². The lowest BCUT2D eigenvalue weighted by Crippen LogP contribution is -2.19. The summed E-state index contributed by atoms with van der Waals surface area (Å²) in [6.45, 7) is 4.09. The van der Waals surface area contributed by atoms with Crippen molar-refractivity contribution in [1.29, 1.82) is 0 Å². The number of nitrogens with one attached hydrogen (secondary N) is 1. The number of nitrogens with zero attached hydrogens (tertiary/aromatic N) is 1. The van der Waals surface area contributed by atoms with Crippen LogP contribution < -0.4 is 5.32 Å². The molecule has 4 nitrogen and oxygen atoms in total. The zero-order valence-corrected chi connectivity index (χ0v) is 12.6. The Labute approximate surface area is 129 Å². The van der Waals surface area contributed by atoms with E-state index in [-0.39, 0.29) is 18.2 Å². The second-order valence-corrected chi connectivity index (χ2v) is 5.50. The summed E-state index contributed by atoms with van der Waals surface area (Å²) < 4.78 is 1.97. The van der Waals surface area contributed by atoms with Crippen LogP contribution in [-0.4, -0.2) is 15.6 Å². The van der Waals surface area contributed by atoms with Crippen LogP contribution in [0, 0.1) is 13.8 Å². The molecule has 0 aliphatic carbocycles. The van der Waals surface area contributed by atoms with Gasteiger partial charge in [-0.25, -0.2) is 0 Å². The molecule has 0 saturated carbocycles. The van der Waals surface area contributed by atoms with Crippen molar-refractivity contribution < 1.29 is 9.90 Å². The maximum Gasteiger partial charge on any atom is 0.244 e. The first-order chi connectivity index (χ1) is 10.5. The molecule has 0 aliphatic rings. The summed E-state index contributed by atoms with van der Waals surface area (Å²) in [5.74, 6) is -0.0777. The highest BCUT2D eigenvalue weighted by atomic mass is 16.3. The second-order valence-electron chi connectivity index (χ2n) is 5.50. The summed E-state index contributed by atoms with van der Waals surface area (Å²) in [6, 6.07) is 15.2. The molecule has 112 valence electrons. The minimum atomic E-state index is -0.163. The zero-order chi connectivity index (χ0) is 15.7. The number of aromatic hydroxyl groups is 1. The SMILES string of the molecule is Cc1ccc(NC(=O)Cn2c(C)cc3ccccc32)c(O)c1. The lowest BCUT2D eigenvalue weighted by molar-refractivity contribution is -0.116. The van der Waals surface area contributed by atoms with Gasteiger partial charge in [0.05, 0.1) is 5.69 Å². The number of carbonyl (C=O) groups is 1. The molecular formula is C18H18N2O2. The summed E-state index contributed by atoms with van der Waals surface area (Å²) >= 11 is 0. The summed E-state index contributed by atoms with van der Waals surface area (Å²) in [6.07, 6.45) is 0. The van der Waals surface area contributed by atoms with Gasteiger partial charge in [0, 0.05) is 11.2 Å². The van der Waals surface area contributed by atoms with Crippen molar-refractivity contribution in [1.82, 2.24) is 4.57 Å². The molecule has 1 amide bonds. The minimum absolute atomic E-state index is 0.0856. The van der Waals surface area contributed by atoms with Crippen LogP contribution in [-0.2, 0) is 11.3 Å². The van der Waals surface area contributed by atoms with Gasteiger partial charge in [-0.1, -0.05) is 24.3 Å². The van der Waals surface area contributed by atoms with Crippen LogP contribution in [0.5, 0.6) is 5.75 Å². The highest BCUT2D eigenvalue weighted by Crippen LogP contribution is 2.24. The van der Waals surface area contributed by atoms with Gasteiger partial charge in [0.1, 0.15) is 12.3 Å². The fraction of sp³-hybridized carbons (Fsp3) is 0.167. The van der Waals surface area contributed by atoms with E-state index in [0.717, 1.165) is 22.2 Å². The first-order valence-corrected chi connectivity index (χ1v) is 7.19. The predicted molar refractivity (Wildman–Crippen MR) is 88.1 cm³/mol. The van der Waals surface area contributed by atoms with Crippen molar-refractivity contribution in [3.8, 4) is 5.75 Å². The number of fused-ring (bicyclic) bond motifs is 1. The van der Waals surface area contributed by atoms with Gasteiger partial charge in [0.2, 0.25) is 5.91 Å². The maximum absolute atomic E-state index is 12.3. The number of anilines is 1. The van der Waals surface area contributed by atoms with Gasteiger partial charge in [-0.05, 0) is 49.1 Å². The molecule has 3 aromatic rings. The summed E-state index contributed by atoms with van der Waals surface area (Å²) in [5.41, 5.74) is 3.44. The van der Waals surface area contributed by atoms with Crippen molar-refractivity contribution in [2.45, 2.75) is 20.4 Å². The van der Waals surface area contributed by atoms with E-state index in [1.54, 1.807) is 12.1 Å². The molecule has 0 bridgehead atoms. The Balaban J connectivity index is 1.83. The molecule has 4 heteroatoms. The molecule has 0 saturated heterocycles. The Kier molecular flexibility index (Phi) is 3.59. The van der Waals surface area contributed by atoms with Crippen LogP contribution in [0.4, 0.5) is 5.69 Å². The molecule has 3 rings (SSSR count). The zero-order valence-electron chi connectivity index (χ0n) is 12.6.